The zero-order chi connectivity index (χ0) is 32.4. The monoisotopic (exact) mass is 691 g/mol. The van der Waals surface area contributed by atoms with Gasteiger partial charge in [-0.3, -0.25) is 13.9 Å². The molecule has 0 radical (unpaired) electrons. The topological polar surface area (TPSA) is 96.0 Å². The molecule has 1 N–H and O–H groups in total. The van der Waals surface area contributed by atoms with Crippen LogP contribution in [0, 0.1) is 5.92 Å². The van der Waals surface area contributed by atoms with Gasteiger partial charge in [0.25, 0.3) is 10.0 Å². The van der Waals surface area contributed by atoms with Gasteiger partial charge in [0.15, 0.2) is 0 Å². The lowest BCUT2D eigenvalue weighted by atomic mass is 10.0. The van der Waals surface area contributed by atoms with Gasteiger partial charge in [0.1, 0.15) is 18.3 Å². The highest BCUT2D eigenvalue weighted by atomic mass is 79.9. The first-order chi connectivity index (χ1) is 21.6. The Balaban J connectivity index is 1.78. The highest BCUT2D eigenvalue weighted by Gasteiger charge is 2.34. The van der Waals surface area contributed by atoms with Crippen LogP contribution in [0.4, 0.5) is 5.69 Å². The second-order valence-corrected chi connectivity index (χ2v) is 13.8. The van der Waals surface area contributed by atoms with Crippen molar-refractivity contribution in [3.8, 4) is 5.75 Å². The van der Waals surface area contributed by atoms with Crippen LogP contribution < -0.4 is 14.4 Å². The van der Waals surface area contributed by atoms with Crippen LogP contribution in [-0.2, 0) is 32.6 Å². The SMILES string of the molecule is COc1ccc(N(CC(=O)N(Cc2ccc(Br)cc2)[C@@H](Cc2ccccc2)C(=O)NCC(C)C)S(=O)(=O)c2ccccc2)cc1. The molecule has 1 atom stereocenters. The van der Waals surface area contributed by atoms with E-state index in [1.807, 2.05) is 68.4 Å². The summed E-state index contributed by atoms with van der Waals surface area (Å²) in [5.41, 5.74) is 1.96. The average Bonchev–Trinajstić information content (AvgIpc) is 3.05. The van der Waals surface area contributed by atoms with Crippen LogP contribution in [0.3, 0.4) is 0 Å². The van der Waals surface area contributed by atoms with E-state index in [4.69, 9.17) is 4.74 Å². The van der Waals surface area contributed by atoms with E-state index in [-0.39, 0.29) is 29.7 Å². The van der Waals surface area contributed by atoms with Crippen molar-refractivity contribution < 1.29 is 22.7 Å². The van der Waals surface area contributed by atoms with Gasteiger partial charge in [0.2, 0.25) is 11.8 Å². The van der Waals surface area contributed by atoms with E-state index < -0.39 is 28.5 Å². The van der Waals surface area contributed by atoms with Crippen molar-refractivity contribution >= 4 is 43.5 Å². The Morgan fingerprint density at radius 2 is 1.42 bits per heavy atom. The van der Waals surface area contributed by atoms with Gasteiger partial charge in [-0.05, 0) is 65.6 Å². The van der Waals surface area contributed by atoms with E-state index in [9.17, 15) is 18.0 Å². The number of halogens is 1. The Morgan fingerprint density at radius 3 is 2.00 bits per heavy atom. The standard InChI is InChI=1S/C35H38BrN3O5S/c1-26(2)23-37-35(41)33(22-27-10-6-4-7-11-27)38(24-28-14-16-29(36)17-15-28)34(40)25-39(30-18-20-31(44-3)21-19-30)45(42,43)32-12-8-5-9-13-32/h4-21,26,33H,22-25H2,1-3H3,(H,37,41)/t33-/m0/s1. The number of hydrogen-bond acceptors (Lipinski definition) is 5. The number of nitrogens with one attached hydrogen (secondary N) is 1. The molecule has 4 aromatic rings. The normalized spacial score (nSPS) is 11.9. The number of anilines is 1. The number of carbonyl (C=O) groups is 2. The predicted octanol–water partition coefficient (Wildman–Crippen LogP) is 6.07. The molecule has 0 spiro atoms. The van der Waals surface area contributed by atoms with Crippen LogP contribution in [0.5, 0.6) is 5.75 Å². The largest absolute Gasteiger partial charge is 0.497 e. The van der Waals surface area contributed by atoms with Crippen molar-refractivity contribution in [2.75, 3.05) is 24.5 Å². The summed E-state index contributed by atoms with van der Waals surface area (Å²) in [6.45, 7) is 4.00. The first-order valence-corrected chi connectivity index (χ1v) is 16.9. The first kappa shape index (κ1) is 33.7. The van der Waals surface area contributed by atoms with Gasteiger partial charge in [-0.2, -0.15) is 0 Å². The third kappa shape index (κ3) is 9.18. The fourth-order valence-electron chi connectivity index (χ4n) is 4.76. The Labute approximate surface area is 274 Å². The molecule has 0 aliphatic rings. The third-order valence-corrected chi connectivity index (χ3v) is 9.51. The number of methoxy groups -OCH3 is 1. The highest BCUT2D eigenvalue weighted by Crippen LogP contribution is 2.27. The molecule has 0 heterocycles. The number of hydrogen-bond donors (Lipinski definition) is 1. The molecule has 0 aliphatic carbocycles. The quantitative estimate of drug-likeness (QED) is 0.173. The number of amides is 2. The molecule has 4 aromatic carbocycles. The van der Waals surface area contributed by atoms with Crippen LogP contribution in [0.25, 0.3) is 0 Å². The predicted molar refractivity (Wildman–Crippen MR) is 180 cm³/mol. The zero-order valence-electron chi connectivity index (χ0n) is 25.6. The summed E-state index contributed by atoms with van der Waals surface area (Å²) in [5, 5.41) is 3.00. The van der Waals surface area contributed by atoms with Crippen molar-refractivity contribution in [1.29, 1.82) is 0 Å². The second-order valence-electron chi connectivity index (χ2n) is 11.0. The zero-order valence-corrected chi connectivity index (χ0v) is 28.0. The molecule has 4 rings (SSSR count). The molecule has 0 unspecified atom stereocenters. The highest BCUT2D eigenvalue weighted by molar-refractivity contribution is 9.10. The van der Waals surface area contributed by atoms with Crippen molar-refractivity contribution in [2.24, 2.45) is 5.92 Å². The van der Waals surface area contributed by atoms with Crippen LogP contribution in [-0.4, -0.2) is 51.4 Å². The minimum Gasteiger partial charge on any atom is -0.497 e. The fourth-order valence-corrected chi connectivity index (χ4v) is 6.46. The number of rotatable bonds is 14. The molecule has 2 amide bonds. The molecule has 0 saturated heterocycles. The molecule has 8 nitrogen and oxygen atoms in total. The van der Waals surface area contributed by atoms with Gasteiger partial charge in [-0.1, -0.05) is 90.4 Å². The maximum atomic E-state index is 14.5. The van der Waals surface area contributed by atoms with Crippen molar-refractivity contribution in [1.82, 2.24) is 10.2 Å². The summed E-state index contributed by atoms with van der Waals surface area (Å²) in [7, 11) is -2.65. The summed E-state index contributed by atoms with van der Waals surface area (Å²) in [6.07, 6.45) is 0.251. The smallest absolute Gasteiger partial charge is 0.264 e. The summed E-state index contributed by atoms with van der Waals surface area (Å²) in [5.74, 6) is -0.0823. The number of carbonyl (C=O) groups excluding carboxylic acids is 2. The van der Waals surface area contributed by atoms with Gasteiger partial charge in [-0.15, -0.1) is 0 Å². The summed E-state index contributed by atoms with van der Waals surface area (Å²) >= 11 is 3.46. The van der Waals surface area contributed by atoms with Crippen LogP contribution >= 0.6 is 15.9 Å². The molecule has 45 heavy (non-hydrogen) atoms. The molecular formula is C35H38BrN3O5S. The number of benzene rings is 4. The van der Waals surface area contributed by atoms with Crippen molar-refractivity contribution in [3.05, 3.63) is 125 Å². The van der Waals surface area contributed by atoms with Gasteiger partial charge < -0.3 is 15.0 Å². The van der Waals surface area contributed by atoms with E-state index in [0.29, 0.717) is 18.0 Å². The molecule has 0 fully saturated rings. The van der Waals surface area contributed by atoms with E-state index in [2.05, 4.69) is 21.2 Å². The van der Waals surface area contributed by atoms with E-state index in [0.717, 1.165) is 19.9 Å². The summed E-state index contributed by atoms with van der Waals surface area (Å²) < 4.78 is 35.3. The molecule has 0 aromatic heterocycles. The lowest BCUT2D eigenvalue weighted by Gasteiger charge is -2.34. The van der Waals surface area contributed by atoms with E-state index in [1.54, 1.807) is 42.5 Å². The lowest BCUT2D eigenvalue weighted by molar-refractivity contribution is -0.140. The number of ether oxygens (including phenoxy) is 1. The van der Waals surface area contributed by atoms with Gasteiger partial charge in [-0.25, -0.2) is 8.42 Å². The van der Waals surface area contributed by atoms with Crippen LogP contribution in [0.15, 0.2) is 119 Å². The lowest BCUT2D eigenvalue weighted by Crippen LogP contribution is -2.53. The van der Waals surface area contributed by atoms with Gasteiger partial charge in [0, 0.05) is 24.0 Å². The fraction of sp³-hybridized carbons (Fsp3) is 0.257. The van der Waals surface area contributed by atoms with Gasteiger partial charge in [0.05, 0.1) is 17.7 Å². The first-order valence-electron chi connectivity index (χ1n) is 14.7. The molecule has 0 saturated carbocycles. The average molecular weight is 693 g/mol. The molecule has 236 valence electrons. The van der Waals surface area contributed by atoms with E-state index in [1.165, 1.54) is 24.1 Å². The summed E-state index contributed by atoms with van der Waals surface area (Å²) in [4.78, 5) is 29.8. The molecular weight excluding hydrogens is 654 g/mol. The summed E-state index contributed by atoms with van der Waals surface area (Å²) in [6, 6.07) is 30.5. The number of sulfonamides is 1. The second kappa shape index (κ2) is 15.7. The maximum absolute atomic E-state index is 14.5. The van der Waals surface area contributed by atoms with Crippen molar-refractivity contribution in [2.45, 2.75) is 37.8 Å². The Morgan fingerprint density at radius 1 is 0.822 bits per heavy atom. The van der Waals surface area contributed by atoms with Crippen LogP contribution in [0.1, 0.15) is 25.0 Å². The Kier molecular flexibility index (Phi) is 11.8. The molecule has 0 aliphatic heterocycles. The maximum Gasteiger partial charge on any atom is 0.264 e. The Bertz CT molecular complexity index is 1650. The minimum absolute atomic E-state index is 0.0450. The molecule has 0 bridgehead atoms. The van der Waals surface area contributed by atoms with E-state index >= 15 is 0 Å². The Hall–Kier alpha value is -4.15. The van der Waals surface area contributed by atoms with Crippen molar-refractivity contribution in [3.63, 3.8) is 0 Å². The van der Waals surface area contributed by atoms with Crippen LogP contribution in [0.2, 0.25) is 0 Å². The van der Waals surface area contributed by atoms with Gasteiger partial charge >= 0.3 is 0 Å². The molecule has 10 heteroatoms. The minimum atomic E-state index is -4.17. The third-order valence-electron chi connectivity index (χ3n) is 7.19. The number of nitrogens with zero attached hydrogens (tertiary/aromatic N) is 2.